The minimum Gasteiger partial charge on any atom is -0.343 e. The lowest BCUT2D eigenvalue weighted by molar-refractivity contribution is -0.118. The SMILES string of the molecule is CCSc1nc2c(c(=O)[nH]1)[C@@H](c1cccc(F)c1)C1=C(CC(C)(C)CC1=O)N2. The van der Waals surface area contributed by atoms with Crippen LogP contribution in [0, 0.1) is 11.2 Å². The first kappa shape index (κ1) is 18.9. The van der Waals surface area contributed by atoms with Crippen molar-refractivity contribution >= 4 is 23.4 Å². The summed E-state index contributed by atoms with van der Waals surface area (Å²) in [5.41, 5.74) is 1.82. The maximum Gasteiger partial charge on any atom is 0.257 e. The third-order valence-electron chi connectivity index (χ3n) is 5.16. The molecule has 1 aromatic heterocycles. The highest BCUT2D eigenvalue weighted by Gasteiger charge is 2.42. The third kappa shape index (κ3) is 3.28. The number of fused-ring (bicyclic) bond motifs is 1. The summed E-state index contributed by atoms with van der Waals surface area (Å²) in [7, 11) is 0. The third-order valence-corrected chi connectivity index (χ3v) is 5.92. The molecule has 5 nitrogen and oxygen atoms in total. The zero-order chi connectivity index (χ0) is 20.1. The first-order valence-corrected chi connectivity index (χ1v) is 10.3. The van der Waals surface area contributed by atoms with Gasteiger partial charge in [0.15, 0.2) is 10.9 Å². The Hall–Kier alpha value is -2.41. The zero-order valence-corrected chi connectivity index (χ0v) is 16.9. The lowest BCUT2D eigenvalue weighted by atomic mass is 9.69. The second-order valence-electron chi connectivity index (χ2n) is 8.01. The van der Waals surface area contributed by atoms with E-state index in [1.54, 1.807) is 12.1 Å². The van der Waals surface area contributed by atoms with Gasteiger partial charge in [0, 0.05) is 23.6 Å². The van der Waals surface area contributed by atoms with Crippen LogP contribution in [0.3, 0.4) is 0 Å². The monoisotopic (exact) mass is 399 g/mol. The van der Waals surface area contributed by atoms with Gasteiger partial charge < -0.3 is 10.3 Å². The number of halogens is 1. The Labute approximate surface area is 166 Å². The Morgan fingerprint density at radius 2 is 2.07 bits per heavy atom. The number of nitrogens with one attached hydrogen (secondary N) is 2. The van der Waals surface area contributed by atoms with Gasteiger partial charge >= 0.3 is 0 Å². The average Bonchev–Trinajstić information content (AvgIpc) is 2.59. The van der Waals surface area contributed by atoms with E-state index in [0.29, 0.717) is 40.5 Å². The van der Waals surface area contributed by atoms with Crippen molar-refractivity contribution < 1.29 is 9.18 Å². The Bertz CT molecular complexity index is 1060. The van der Waals surface area contributed by atoms with E-state index in [2.05, 4.69) is 15.3 Å². The number of H-pyrrole nitrogens is 1. The number of benzene rings is 1. The molecule has 7 heteroatoms. The number of anilines is 1. The van der Waals surface area contributed by atoms with Gasteiger partial charge in [0.25, 0.3) is 5.56 Å². The largest absolute Gasteiger partial charge is 0.343 e. The van der Waals surface area contributed by atoms with Gasteiger partial charge in [-0.25, -0.2) is 9.37 Å². The molecule has 0 bridgehead atoms. The van der Waals surface area contributed by atoms with Crippen molar-refractivity contribution in [3.63, 3.8) is 0 Å². The van der Waals surface area contributed by atoms with Gasteiger partial charge in [-0.1, -0.05) is 44.7 Å². The minimum atomic E-state index is -0.623. The van der Waals surface area contributed by atoms with Crippen LogP contribution in [0.15, 0.2) is 45.5 Å². The molecule has 0 saturated carbocycles. The molecule has 4 rings (SSSR count). The fourth-order valence-electron chi connectivity index (χ4n) is 4.12. The van der Waals surface area contributed by atoms with Crippen molar-refractivity contribution in [2.45, 2.75) is 44.7 Å². The van der Waals surface area contributed by atoms with E-state index in [9.17, 15) is 14.0 Å². The van der Waals surface area contributed by atoms with Gasteiger partial charge in [-0.05, 0) is 35.3 Å². The van der Waals surface area contributed by atoms with Crippen LogP contribution in [-0.4, -0.2) is 21.5 Å². The lowest BCUT2D eigenvalue weighted by Crippen LogP contribution is -2.37. The Morgan fingerprint density at radius 1 is 1.29 bits per heavy atom. The van der Waals surface area contributed by atoms with E-state index < -0.39 is 11.7 Å². The Balaban J connectivity index is 1.96. The van der Waals surface area contributed by atoms with Crippen LogP contribution in [0.2, 0.25) is 0 Å². The molecule has 1 atom stereocenters. The van der Waals surface area contributed by atoms with Crippen molar-refractivity contribution in [1.82, 2.24) is 9.97 Å². The number of ketones is 1. The lowest BCUT2D eigenvalue weighted by Gasteiger charge is -2.38. The topological polar surface area (TPSA) is 74.8 Å². The molecule has 2 heterocycles. The number of Topliss-reactive ketones (excluding diaryl/α,β-unsaturated/α-hetero) is 1. The summed E-state index contributed by atoms with van der Waals surface area (Å²) in [5.74, 6) is 0.200. The standard InChI is InChI=1S/C21H22FN3O2S/c1-4-28-20-24-18-17(19(27)25-20)15(11-6-5-7-12(22)8-11)16-13(23-18)9-21(2,3)10-14(16)26/h5-8,15H,4,9-10H2,1-3H3,(H2,23,24,25,27)/t15-/m0/s1. The van der Waals surface area contributed by atoms with E-state index in [-0.39, 0.29) is 16.8 Å². The fraction of sp³-hybridized carbons (Fsp3) is 0.381. The molecule has 146 valence electrons. The van der Waals surface area contributed by atoms with Gasteiger partial charge in [-0.15, -0.1) is 0 Å². The van der Waals surface area contributed by atoms with Crippen LogP contribution >= 0.6 is 11.8 Å². The van der Waals surface area contributed by atoms with Gasteiger partial charge in [0.2, 0.25) is 0 Å². The molecule has 1 aliphatic carbocycles. The predicted octanol–water partition coefficient (Wildman–Crippen LogP) is 4.22. The van der Waals surface area contributed by atoms with Crippen LogP contribution < -0.4 is 10.9 Å². The summed E-state index contributed by atoms with van der Waals surface area (Å²) >= 11 is 1.44. The van der Waals surface area contributed by atoms with Crippen molar-refractivity contribution in [1.29, 1.82) is 0 Å². The molecule has 0 fully saturated rings. The molecule has 0 spiro atoms. The second-order valence-corrected chi connectivity index (χ2v) is 9.27. The van der Waals surface area contributed by atoms with Gasteiger partial charge in [-0.3, -0.25) is 9.59 Å². The zero-order valence-electron chi connectivity index (χ0n) is 16.1. The highest BCUT2D eigenvalue weighted by Crippen LogP contribution is 2.47. The number of hydrogen-bond donors (Lipinski definition) is 2. The first-order chi connectivity index (χ1) is 13.3. The Morgan fingerprint density at radius 3 is 2.79 bits per heavy atom. The number of carbonyl (C=O) groups excluding carboxylic acids is 1. The molecule has 2 aliphatic rings. The molecule has 0 radical (unpaired) electrons. The van der Waals surface area contributed by atoms with Crippen LogP contribution in [0.25, 0.3) is 0 Å². The predicted molar refractivity (Wildman–Crippen MR) is 108 cm³/mol. The first-order valence-electron chi connectivity index (χ1n) is 9.35. The molecule has 2 aromatic rings. The molecule has 0 saturated heterocycles. The van der Waals surface area contributed by atoms with Crippen molar-refractivity contribution in [3.8, 4) is 0 Å². The number of thioether (sulfide) groups is 1. The minimum absolute atomic E-state index is 0.00919. The molecule has 0 amide bonds. The number of nitrogens with zero attached hydrogens (tertiary/aromatic N) is 1. The molecular weight excluding hydrogens is 377 g/mol. The summed E-state index contributed by atoms with van der Waals surface area (Å²) in [6.45, 7) is 6.08. The maximum atomic E-state index is 14.0. The molecular formula is C21H22FN3O2S. The normalized spacial score (nSPS) is 20.4. The van der Waals surface area contributed by atoms with E-state index >= 15 is 0 Å². The summed E-state index contributed by atoms with van der Waals surface area (Å²) in [4.78, 5) is 33.4. The second kappa shape index (κ2) is 6.88. The highest BCUT2D eigenvalue weighted by atomic mass is 32.2. The number of hydrogen-bond acceptors (Lipinski definition) is 5. The number of allylic oxidation sites excluding steroid dienone is 2. The fourth-order valence-corrected chi connectivity index (χ4v) is 4.71. The van der Waals surface area contributed by atoms with Crippen LogP contribution in [-0.2, 0) is 4.79 Å². The number of carbonyl (C=O) groups is 1. The number of aromatic nitrogens is 2. The van der Waals surface area contributed by atoms with Crippen molar-refractivity contribution in [3.05, 3.63) is 62.8 Å². The Kier molecular flexibility index (Phi) is 4.65. The summed E-state index contributed by atoms with van der Waals surface area (Å²) < 4.78 is 14.0. The van der Waals surface area contributed by atoms with Crippen molar-refractivity contribution in [2.24, 2.45) is 5.41 Å². The summed E-state index contributed by atoms with van der Waals surface area (Å²) in [6.07, 6.45) is 1.06. The van der Waals surface area contributed by atoms with Crippen molar-refractivity contribution in [2.75, 3.05) is 11.1 Å². The van der Waals surface area contributed by atoms with Crippen LogP contribution in [0.5, 0.6) is 0 Å². The molecule has 1 aliphatic heterocycles. The summed E-state index contributed by atoms with van der Waals surface area (Å²) in [5, 5.41) is 3.79. The van der Waals surface area contributed by atoms with E-state index in [4.69, 9.17) is 0 Å². The van der Waals surface area contributed by atoms with E-state index in [1.807, 2.05) is 20.8 Å². The number of aromatic amines is 1. The van der Waals surface area contributed by atoms with Crippen LogP contribution in [0.4, 0.5) is 10.2 Å². The van der Waals surface area contributed by atoms with Gasteiger partial charge in [-0.2, -0.15) is 0 Å². The van der Waals surface area contributed by atoms with Gasteiger partial charge in [0.05, 0.1) is 5.56 Å². The van der Waals surface area contributed by atoms with Gasteiger partial charge in [0.1, 0.15) is 11.6 Å². The quantitative estimate of drug-likeness (QED) is 0.597. The molecule has 2 N–H and O–H groups in total. The van der Waals surface area contributed by atoms with E-state index in [1.165, 1.54) is 23.9 Å². The van der Waals surface area contributed by atoms with Crippen LogP contribution in [0.1, 0.15) is 50.7 Å². The molecule has 28 heavy (non-hydrogen) atoms. The summed E-state index contributed by atoms with van der Waals surface area (Å²) in [6, 6.07) is 6.11. The maximum absolute atomic E-state index is 14.0. The van der Waals surface area contributed by atoms with E-state index in [0.717, 1.165) is 11.4 Å². The highest BCUT2D eigenvalue weighted by molar-refractivity contribution is 7.99. The molecule has 0 unspecified atom stereocenters. The average molecular weight is 399 g/mol. The molecule has 1 aromatic carbocycles. The smallest absolute Gasteiger partial charge is 0.257 e. The number of rotatable bonds is 3.